The number of nitrogens with zero attached hydrogens (tertiary/aromatic N) is 2. The summed E-state index contributed by atoms with van der Waals surface area (Å²) in [6.07, 6.45) is 0. The zero-order valence-electron chi connectivity index (χ0n) is 11.2. The van der Waals surface area contributed by atoms with Crippen molar-refractivity contribution < 1.29 is 4.42 Å². The number of fused-ring (bicyclic) bond motifs is 1. The molecule has 0 aliphatic rings. The van der Waals surface area contributed by atoms with E-state index < -0.39 is 11.3 Å². The molecule has 0 spiro atoms. The van der Waals surface area contributed by atoms with Gasteiger partial charge in [-0.25, -0.2) is 9.36 Å². The molecule has 0 N–H and O–H groups in total. The Bertz CT molecular complexity index is 989. The largest absolute Gasteiger partial charge is 0.426 e. The summed E-state index contributed by atoms with van der Waals surface area (Å²) in [6, 6.07) is 13.2. The SMILES string of the molecule is Cc1ccc2oc(=O)n(-c3ccc(C#N)cc3)c(=O)c2c1. The fourth-order valence-electron chi connectivity index (χ4n) is 2.15. The predicted molar refractivity (Wildman–Crippen MR) is 77.5 cm³/mol. The van der Waals surface area contributed by atoms with Crippen LogP contribution in [0.5, 0.6) is 0 Å². The Labute approximate surface area is 119 Å². The van der Waals surface area contributed by atoms with Crippen molar-refractivity contribution >= 4 is 11.0 Å². The van der Waals surface area contributed by atoms with Gasteiger partial charge in [0.1, 0.15) is 5.58 Å². The van der Waals surface area contributed by atoms with Gasteiger partial charge in [-0.05, 0) is 43.3 Å². The lowest BCUT2D eigenvalue weighted by Crippen LogP contribution is -2.30. The maximum absolute atomic E-state index is 12.5. The Hall–Kier alpha value is -3.13. The van der Waals surface area contributed by atoms with Crippen LogP contribution >= 0.6 is 0 Å². The normalized spacial score (nSPS) is 10.5. The van der Waals surface area contributed by atoms with Gasteiger partial charge in [-0.1, -0.05) is 11.6 Å². The molecule has 0 radical (unpaired) electrons. The number of aryl methyl sites for hydroxylation is 1. The number of benzene rings is 2. The summed E-state index contributed by atoms with van der Waals surface area (Å²) >= 11 is 0. The number of hydrogen-bond acceptors (Lipinski definition) is 4. The zero-order chi connectivity index (χ0) is 15.0. The lowest BCUT2D eigenvalue weighted by molar-refractivity contribution is 0.504. The van der Waals surface area contributed by atoms with Gasteiger partial charge in [0, 0.05) is 0 Å². The van der Waals surface area contributed by atoms with Gasteiger partial charge in [-0.15, -0.1) is 0 Å². The third-order valence-electron chi connectivity index (χ3n) is 3.20. The maximum Gasteiger partial charge on any atom is 0.426 e. The zero-order valence-corrected chi connectivity index (χ0v) is 11.2. The summed E-state index contributed by atoms with van der Waals surface area (Å²) in [5.74, 6) is -0.749. The van der Waals surface area contributed by atoms with Crippen molar-refractivity contribution in [3.8, 4) is 11.8 Å². The Morgan fingerprint density at radius 2 is 1.81 bits per heavy atom. The third-order valence-corrected chi connectivity index (χ3v) is 3.20. The molecule has 0 atom stereocenters. The summed E-state index contributed by atoms with van der Waals surface area (Å²) in [4.78, 5) is 24.5. The van der Waals surface area contributed by atoms with Crippen molar-refractivity contribution in [2.75, 3.05) is 0 Å². The van der Waals surface area contributed by atoms with Gasteiger partial charge in [0.25, 0.3) is 5.56 Å². The average molecular weight is 278 g/mol. The predicted octanol–water partition coefficient (Wildman–Crippen LogP) is 2.12. The molecule has 2 aromatic carbocycles. The van der Waals surface area contributed by atoms with Crippen LogP contribution in [0.15, 0.2) is 56.5 Å². The summed E-state index contributed by atoms with van der Waals surface area (Å²) in [7, 11) is 0. The minimum absolute atomic E-state index is 0.264. The highest BCUT2D eigenvalue weighted by Crippen LogP contribution is 2.12. The highest BCUT2D eigenvalue weighted by molar-refractivity contribution is 5.76. The standard InChI is InChI=1S/C16H10N2O3/c1-10-2-7-14-13(8-10)15(19)18(16(20)21-14)12-5-3-11(9-17)4-6-12/h2-8H,1H3. The van der Waals surface area contributed by atoms with E-state index in [9.17, 15) is 9.59 Å². The average Bonchev–Trinajstić information content (AvgIpc) is 2.49. The molecule has 0 saturated heterocycles. The smallest absolute Gasteiger partial charge is 0.409 e. The minimum atomic E-state index is -0.749. The van der Waals surface area contributed by atoms with Crippen LogP contribution in [0.25, 0.3) is 16.7 Å². The van der Waals surface area contributed by atoms with Crippen molar-refractivity contribution in [3.63, 3.8) is 0 Å². The molecule has 0 fully saturated rings. The van der Waals surface area contributed by atoms with Crippen LogP contribution in [0.3, 0.4) is 0 Å². The topological polar surface area (TPSA) is 76.0 Å². The molecule has 5 heteroatoms. The van der Waals surface area contributed by atoms with E-state index in [0.29, 0.717) is 16.6 Å². The molecular formula is C16H10N2O3. The van der Waals surface area contributed by atoms with E-state index in [1.807, 2.05) is 13.0 Å². The molecule has 0 saturated carbocycles. The first-order valence-electron chi connectivity index (χ1n) is 6.27. The first-order valence-corrected chi connectivity index (χ1v) is 6.27. The van der Waals surface area contributed by atoms with Crippen LogP contribution in [0.1, 0.15) is 11.1 Å². The van der Waals surface area contributed by atoms with Gasteiger partial charge in [0.2, 0.25) is 0 Å². The van der Waals surface area contributed by atoms with Crippen LogP contribution < -0.4 is 11.3 Å². The van der Waals surface area contributed by atoms with E-state index in [4.69, 9.17) is 9.68 Å². The molecule has 0 unspecified atom stereocenters. The molecule has 3 rings (SSSR count). The second kappa shape index (κ2) is 4.76. The molecule has 3 aromatic rings. The molecular weight excluding hydrogens is 268 g/mol. The Kier molecular flexibility index (Phi) is 2.92. The summed E-state index contributed by atoms with van der Waals surface area (Å²) < 4.78 is 6.14. The van der Waals surface area contributed by atoms with E-state index >= 15 is 0 Å². The maximum atomic E-state index is 12.5. The Morgan fingerprint density at radius 1 is 1.10 bits per heavy atom. The molecule has 1 heterocycles. The van der Waals surface area contributed by atoms with E-state index in [2.05, 4.69) is 0 Å². The van der Waals surface area contributed by atoms with Crippen LogP contribution in [0, 0.1) is 18.3 Å². The quantitative estimate of drug-likeness (QED) is 0.683. The summed E-state index contributed by atoms with van der Waals surface area (Å²) in [5, 5.41) is 9.13. The van der Waals surface area contributed by atoms with Crippen molar-refractivity contribution in [1.29, 1.82) is 5.26 Å². The summed E-state index contributed by atoms with van der Waals surface area (Å²) in [6.45, 7) is 1.86. The second-order valence-electron chi connectivity index (χ2n) is 4.67. The highest BCUT2D eigenvalue weighted by atomic mass is 16.4. The molecule has 102 valence electrons. The number of aromatic nitrogens is 1. The molecule has 21 heavy (non-hydrogen) atoms. The van der Waals surface area contributed by atoms with Crippen LogP contribution in [-0.4, -0.2) is 4.57 Å². The fraction of sp³-hybridized carbons (Fsp3) is 0.0625. The van der Waals surface area contributed by atoms with E-state index in [0.717, 1.165) is 10.1 Å². The van der Waals surface area contributed by atoms with Gasteiger partial charge in [-0.2, -0.15) is 5.26 Å². The second-order valence-corrected chi connectivity index (χ2v) is 4.67. The third kappa shape index (κ3) is 2.13. The van der Waals surface area contributed by atoms with Gasteiger partial charge < -0.3 is 4.42 Å². The summed E-state index contributed by atoms with van der Waals surface area (Å²) in [5.41, 5.74) is 1.55. The Balaban J connectivity index is 2.34. The van der Waals surface area contributed by atoms with Crippen LogP contribution in [0.2, 0.25) is 0 Å². The number of hydrogen-bond donors (Lipinski definition) is 0. The number of nitriles is 1. The van der Waals surface area contributed by atoms with E-state index in [1.54, 1.807) is 42.5 Å². The van der Waals surface area contributed by atoms with E-state index in [1.165, 1.54) is 0 Å². The van der Waals surface area contributed by atoms with Crippen molar-refractivity contribution in [2.24, 2.45) is 0 Å². The van der Waals surface area contributed by atoms with E-state index in [-0.39, 0.29) is 5.58 Å². The fourth-order valence-corrected chi connectivity index (χ4v) is 2.15. The van der Waals surface area contributed by atoms with Gasteiger partial charge in [0.05, 0.1) is 22.7 Å². The first kappa shape index (κ1) is 12.9. The monoisotopic (exact) mass is 278 g/mol. The molecule has 0 bridgehead atoms. The number of rotatable bonds is 1. The van der Waals surface area contributed by atoms with Gasteiger partial charge >= 0.3 is 5.76 Å². The molecule has 1 aromatic heterocycles. The van der Waals surface area contributed by atoms with Gasteiger partial charge in [0.15, 0.2) is 0 Å². The Morgan fingerprint density at radius 3 is 2.48 bits per heavy atom. The van der Waals surface area contributed by atoms with Crippen LogP contribution in [-0.2, 0) is 0 Å². The molecule has 0 aliphatic heterocycles. The van der Waals surface area contributed by atoms with Crippen molar-refractivity contribution in [2.45, 2.75) is 6.92 Å². The van der Waals surface area contributed by atoms with Crippen LogP contribution in [0.4, 0.5) is 0 Å². The first-order chi connectivity index (χ1) is 10.1. The lowest BCUT2D eigenvalue weighted by atomic mass is 10.2. The van der Waals surface area contributed by atoms with Crippen molar-refractivity contribution in [1.82, 2.24) is 4.57 Å². The molecule has 0 amide bonds. The van der Waals surface area contributed by atoms with Gasteiger partial charge in [-0.3, -0.25) is 4.79 Å². The highest BCUT2D eigenvalue weighted by Gasteiger charge is 2.11. The lowest BCUT2D eigenvalue weighted by Gasteiger charge is -2.05. The minimum Gasteiger partial charge on any atom is -0.409 e. The molecule has 5 nitrogen and oxygen atoms in total. The molecule has 0 aliphatic carbocycles. The van der Waals surface area contributed by atoms with Crippen molar-refractivity contribution in [3.05, 3.63) is 74.5 Å².